The first-order chi connectivity index (χ1) is 8.66. The average molecular weight is 307 g/mol. The molecule has 0 N–H and O–H groups in total. The highest BCUT2D eigenvalue weighted by Crippen LogP contribution is 2.07. The molecule has 0 saturated carbocycles. The van der Waals surface area contributed by atoms with Crippen LogP contribution in [0.3, 0.4) is 0 Å². The van der Waals surface area contributed by atoms with E-state index in [1.54, 1.807) is 0 Å². The van der Waals surface area contributed by atoms with Gasteiger partial charge in [0.15, 0.2) is 5.82 Å². The van der Waals surface area contributed by atoms with Crippen LogP contribution < -0.4 is 0 Å². The van der Waals surface area contributed by atoms with E-state index in [1.165, 1.54) is 11.0 Å². The van der Waals surface area contributed by atoms with Crippen LogP contribution in [0.4, 0.5) is 0 Å². The molecule has 0 atom stereocenters. The first-order valence-electron chi connectivity index (χ1n) is 5.96. The molecule has 0 spiro atoms. The van der Waals surface area contributed by atoms with Gasteiger partial charge < -0.3 is 4.74 Å². The van der Waals surface area contributed by atoms with E-state index in [-0.39, 0.29) is 6.61 Å². The Morgan fingerprint density at radius 1 is 1.37 bits per heavy atom. The monoisotopic (exact) mass is 307 g/mol. The van der Waals surface area contributed by atoms with Gasteiger partial charge in [0.1, 0.15) is 19.7 Å². The molecule has 0 saturated heterocycles. The summed E-state index contributed by atoms with van der Waals surface area (Å²) in [5.74, 6) is 0.319. The summed E-state index contributed by atoms with van der Waals surface area (Å²) in [6, 6.07) is 1.09. The molecule has 0 unspecified atom stereocenters. The Kier molecular flexibility index (Phi) is 5.65. The highest BCUT2D eigenvalue weighted by atomic mass is 32.2. The van der Waals surface area contributed by atoms with Gasteiger partial charge in [-0.25, -0.2) is 9.67 Å². The standard InChI is InChI=1S/C10H21N3O4SSi/c1-18(14,15)17-7-10-11-8-13(12-10)9-16-5-6-19(2,3)4/h8H,5-7,9H2,1-4H3. The van der Waals surface area contributed by atoms with Crippen LogP contribution in [0.15, 0.2) is 6.33 Å². The van der Waals surface area contributed by atoms with Gasteiger partial charge in [-0.3, -0.25) is 4.18 Å². The van der Waals surface area contributed by atoms with Crippen molar-refractivity contribution >= 4 is 18.2 Å². The summed E-state index contributed by atoms with van der Waals surface area (Å²) in [6.45, 7) is 7.72. The van der Waals surface area contributed by atoms with Crippen molar-refractivity contribution in [2.24, 2.45) is 0 Å². The molecule has 1 heterocycles. The number of ether oxygens (including phenoxy) is 1. The molecular weight excluding hydrogens is 286 g/mol. The van der Waals surface area contributed by atoms with Crippen LogP contribution in [-0.4, -0.2) is 44.1 Å². The zero-order valence-electron chi connectivity index (χ0n) is 11.8. The SMILES string of the molecule is C[Si](C)(C)CCOCn1cnc(COS(C)(=O)=O)n1. The summed E-state index contributed by atoms with van der Waals surface area (Å²) >= 11 is 0. The van der Waals surface area contributed by atoms with Crippen LogP contribution in [0.5, 0.6) is 0 Å². The Hall–Kier alpha value is -0.773. The molecule has 7 nitrogen and oxygen atoms in total. The molecule has 0 aromatic carbocycles. The number of nitrogens with zero attached hydrogens (tertiary/aromatic N) is 3. The van der Waals surface area contributed by atoms with E-state index in [0.29, 0.717) is 19.2 Å². The lowest BCUT2D eigenvalue weighted by molar-refractivity contribution is 0.0778. The molecule has 1 aromatic heterocycles. The molecule has 0 aliphatic carbocycles. The highest BCUT2D eigenvalue weighted by Gasteiger charge is 2.12. The van der Waals surface area contributed by atoms with E-state index in [4.69, 9.17) is 4.74 Å². The van der Waals surface area contributed by atoms with Crippen LogP contribution in [0.2, 0.25) is 25.7 Å². The minimum Gasteiger partial charge on any atom is -0.359 e. The maximum absolute atomic E-state index is 10.8. The normalized spacial score (nSPS) is 12.8. The lowest BCUT2D eigenvalue weighted by Crippen LogP contribution is -2.22. The third-order valence-electron chi connectivity index (χ3n) is 2.21. The van der Waals surface area contributed by atoms with Crippen molar-refractivity contribution in [2.45, 2.75) is 39.0 Å². The number of hydrogen-bond donors (Lipinski definition) is 0. The summed E-state index contributed by atoms with van der Waals surface area (Å²) in [7, 11) is -4.55. The molecular formula is C10H21N3O4SSi. The Balaban J connectivity index is 2.31. The molecule has 0 fully saturated rings. The van der Waals surface area contributed by atoms with Crippen LogP contribution in [-0.2, 0) is 32.4 Å². The van der Waals surface area contributed by atoms with Crippen LogP contribution in [0.25, 0.3) is 0 Å². The molecule has 0 amide bonds. The van der Waals surface area contributed by atoms with Crippen LogP contribution in [0, 0.1) is 0 Å². The molecule has 0 bridgehead atoms. The fraction of sp³-hybridized carbons (Fsp3) is 0.800. The molecule has 110 valence electrons. The van der Waals surface area contributed by atoms with Crippen molar-refractivity contribution in [3.8, 4) is 0 Å². The quantitative estimate of drug-likeness (QED) is 0.406. The zero-order valence-corrected chi connectivity index (χ0v) is 13.6. The Labute approximate surface area is 115 Å². The highest BCUT2D eigenvalue weighted by molar-refractivity contribution is 7.85. The van der Waals surface area contributed by atoms with Crippen molar-refractivity contribution in [1.29, 1.82) is 0 Å². The maximum atomic E-state index is 10.8. The molecule has 0 aliphatic heterocycles. The van der Waals surface area contributed by atoms with Gasteiger partial charge in [0.05, 0.1) is 6.26 Å². The molecule has 1 aromatic rings. The van der Waals surface area contributed by atoms with Crippen molar-refractivity contribution in [3.05, 3.63) is 12.2 Å². The Bertz CT molecular complexity index is 495. The van der Waals surface area contributed by atoms with Gasteiger partial charge in [0, 0.05) is 14.7 Å². The van der Waals surface area contributed by atoms with E-state index in [9.17, 15) is 8.42 Å². The predicted molar refractivity (Wildman–Crippen MR) is 73.8 cm³/mol. The fourth-order valence-corrected chi connectivity index (χ4v) is 2.23. The third kappa shape index (κ3) is 8.08. The predicted octanol–water partition coefficient (Wildman–Crippen LogP) is 1.07. The molecule has 0 radical (unpaired) electrons. The second kappa shape index (κ2) is 6.59. The second-order valence-corrected chi connectivity index (χ2v) is 12.8. The van der Waals surface area contributed by atoms with E-state index in [1.807, 2.05) is 0 Å². The van der Waals surface area contributed by atoms with Gasteiger partial charge in [-0.05, 0) is 6.04 Å². The smallest absolute Gasteiger partial charge is 0.264 e. The summed E-state index contributed by atoms with van der Waals surface area (Å²) in [6.07, 6.45) is 2.49. The first-order valence-corrected chi connectivity index (χ1v) is 11.5. The van der Waals surface area contributed by atoms with Crippen LogP contribution in [0.1, 0.15) is 5.82 Å². The first kappa shape index (κ1) is 16.3. The number of hydrogen-bond acceptors (Lipinski definition) is 6. The van der Waals surface area contributed by atoms with Gasteiger partial charge in [-0.15, -0.1) is 0 Å². The zero-order chi connectivity index (χ0) is 14.5. The summed E-state index contributed by atoms with van der Waals surface area (Å²) in [4.78, 5) is 3.94. The van der Waals surface area contributed by atoms with Gasteiger partial charge in [-0.1, -0.05) is 19.6 Å². The van der Waals surface area contributed by atoms with Crippen LogP contribution >= 0.6 is 0 Å². The molecule has 0 aliphatic rings. The largest absolute Gasteiger partial charge is 0.359 e. The van der Waals surface area contributed by atoms with E-state index in [0.717, 1.165) is 12.3 Å². The van der Waals surface area contributed by atoms with Crippen molar-refractivity contribution in [1.82, 2.24) is 14.8 Å². The lowest BCUT2D eigenvalue weighted by Gasteiger charge is -2.15. The fourth-order valence-electron chi connectivity index (χ4n) is 1.16. The average Bonchev–Trinajstić information content (AvgIpc) is 2.67. The maximum Gasteiger partial charge on any atom is 0.264 e. The minimum atomic E-state index is -3.47. The summed E-state index contributed by atoms with van der Waals surface area (Å²) < 4.78 is 33.2. The molecule has 19 heavy (non-hydrogen) atoms. The molecule has 9 heteroatoms. The number of aromatic nitrogens is 3. The summed E-state index contributed by atoms with van der Waals surface area (Å²) in [5.41, 5.74) is 0. The lowest BCUT2D eigenvalue weighted by atomic mass is 10.7. The minimum absolute atomic E-state index is 0.152. The van der Waals surface area contributed by atoms with Gasteiger partial charge in [-0.2, -0.15) is 13.5 Å². The van der Waals surface area contributed by atoms with Crippen molar-refractivity contribution in [2.75, 3.05) is 12.9 Å². The van der Waals surface area contributed by atoms with Gasteiger partial charge in [0.2, 0.25) is 0 Å². The Morgan fingerprint density at radius 2 is 2.05 bits per heavy atom. The third-order valence-corrected chi connectivity index (χ3v) is 4.46. The van der Waals surface area contributed by atoms with Crippen molar-refractivity contribution in [3.63, 3.8) is 0 Å². The van der Waals surface area contributed by atoms with E-state index in [2.05, 4.69) is 33.9 Å². The van der Waals surface area contributed by atoms with Gasteiger partial charge in [0.25, 0.3) is 10.1 Å². The van der Waals surface area contributed by atoms with E-state index < -0.39 is 18.2 Å². The summed E-state index contributed by atoms with van der Waals surface area (Å²) in [5, 5.41) is 4.05. The van der Waals surface area contributed by atoms with Gasteiger partial charge >= 0.3 is 0 Å². The molecule has 1 rings (SSSR count). The van der Waals surface area contributed by atoms with E-state index >= 15 is 0 Å². The van der Waals surface area contributed by atoms with Crippen molar-refractivity contribution < 1.29 is 17.3 Å². The topological polar surface area (TPSA) is 83.3 Å². The number of rotatable bonds is 8. The Morgan fingerprint density at radius 3 is 2.63 bits per heavy atom. The second-order valence-electron chi connectivity index (χ2n) is 5.51.